The van der Waals surface area contributed by atoms with Crippen molar-refractivity contribution in [2.45, 2.75) is 19.3 Å². The number of terminal acetylenes is 1. The summed E-state index contributed by atoms with van der Waals surface area (Å²) < 4.78 is 0.972. The van der Waals surface area contributed by atoms with Gasteiger partial charge in [-0.2, -0.15) is 0 Å². The normalized spacial score (nSPS) is 11.4. The zero-order valence-corrected chi connectivity index (χ0v) is 12.8. The summed E-state index contributed by atoms with van der Waals surface area (Å²) in [7, 11) is 0. The number of carboxylic acids is 1. The van der Waals surface area contributed by atoms with Crippen LogP contribution in [0.4, 0.5) is 0 Å². The highest BCUT2D eigenvalue weighted by atomic mass is 79.9. The summed E-state index contributed by atoms with van der Waals surface area (Å²) in [6, 6.07) is 7.69. The van der Waals surface area contributed by atoms with Crippen molar-refractivity contribution in [3.05, 3.63) is 34.3 Å². The number of carboxylic acid groups (broad SMARTS) is 1. The van der Waals surface area contributed by atoms with Gasteiger partial charge in [-0.1, -0.05) is 40.9 Å². The molecule has 1 amide bonds. The van der Waals surface area contributed by atoms with Crippen molar-refractivity contribution < 1.29 is 14.7 Å². The van der Waals surface area contributed by atoms with E-state index >= 15 is 0 Å². The van der Waals surface area contributed by atoms with Crippen LogP contribution in [-0.2, 0) is 9.59 Å². The lowest BCUT2D eigenvalue weighted by molar-refractivity contribution is -0.144. The van der Waals surface area contributed by atoms with Crippen LogP contribution in [-0.4, -0.2) is 35.0 Å². The van der Waals surface area contributed by atoms with Crippen molar-refractivity contribution in [2.75, 3.05) is 13.1 Å². The third-order valence-electron chi connectivity index (χ3n) is 2.88. The van der Waals surface area contributed by atoms with Gasteiger partial charge >= 0.3 is 5.97 Å². The van der Waals surface area contributed by atoms with E-state index in [0.717, 1.165) is 10.0 Å². The molecule has 4 nitrogen and oxygen atoms in total. The van der Waals surface area contributed by atoms with Gasteiger partial charge in [0.25, 0.3) is 0 Å². The van der Waals surface area contributed by atoms with Crippen molar-refractivity contribution in [1.29, 1.82) is 0 Å². The number of carbonyl (C=O) groups excluding carboxylic acids is 1. The Morgan fingerprint density at radius 3 is 2.50 bits per heavy atom. The van der Waals surface area contributed by atoms with Gasteiger partial charge in [0, 0.05) is 10.9 Å². The highest BCUT2D eigenvalue weighted by Gasteiger charge is 2.19. The second-order valence-corrected chi connectivity index (χ2v) is 5.42. The number of hydrogen-bond acceptors (Lipinski definition) is 2. The summed E-state index contributed by atoms with van der Waals surface area (Å²) >= 11 is 3.35. The molecule has 0 aliphatic carbocycles. The van der Waals surface area contributed by atoms with Crippen LogP contribution in [0.5, 0.6) is 0 Å². The largest absolute Gasteiger partial charge is 0.480 e. The summed E-state index contributed by atoms with van der Waals surface area (Å²) in [5, 5.41) is 8.77. The van der Waals surface area contributed by atoms with Gasteiger partial charge in [-0.05, 0) is 23.6 Å². The highest BCUT2D eigenvalue weighted by molar-refractivity contribution is 9.10. The van der Waals surface area contributed by atoms with E-state index in [1.807, 2.05) is 31.2 Å². The number of halogens is 1. The maximum atomic E-state index is 12.1. The molecule has 1 aromatic rings. The lowest BCUT2D eigenvalue weighted by Gasteiger charge is -2.20. The Labute approximate surface area is 126 Å². The minimum atomic E-state index is -1.06. The van der Waals surface area contributed by atoms with Crippen molar-refractivity contribution in [2.24, 2.45) is 0 Å². The lowest BCUT2D eigenvalue weighted by Crippen LogP contribution is -2.36. The van der Waals surface area contributed by atoms with Gasteiger partial charge in [-0.15, -0.1) is 6.42 Å². The van der Waals surface area contributed by atoms with E-state index < -0.39 is 5.97 Å². The van der Waals surface area contributed by atoms with Crippen LogP contribution in [0, 0.1) is 12.3 Å². The quantitative estimate of drug-likeness (QED) is 0.811. The van der Waals surface area contributed by atoms with Gasteiger partial charge in [0.1, 0.15) is 6.54 Å². The van der Waals surface area contributed by atoms with Gasteiger partial charge in [0.2, 0.25) is 5.91 Å². The van der Waals surface area contributed by atoms with E-state index in [1.54, 1.807) is 0 Å². The van der Waals surface area contributed by atoms with Crippen LogP contribution in [0.2, 0.25) is 0 Å². The van der Waals surface area contributed by atoms with Crippen LogP contribution in [0.1, 0.15) is 24.8 Å². The van der Waals surface area contributed by atoms with Gasteiger partial charge in [-0.3, -0.25) is 9.59 Å². The molecule has 0 fully saturated rings. The van der Waals surface area contributed by atoms with Gasteiger partial charge in [0.05, 0.1) is 6.54 Å². The Morgan fingerprint density at radius 1 is 1.40 bits per heavy atom. The minimum Gasteiger partial charge on any atom is -0.480 e. The topological polar surface area (TPSA) is 57.6 Å². The molecule has 5 heteroatoms. The standard InChI is InChI=1S/C15H16BrNO3/c1-3-8-17(10-15(19)20)14(18)9-11(2)12-4-6-13(16)7-5-12/h1,4-7,11H,8-10H2,2H3,(H,19,20). The van der Waals surface area contributed by atoms with Gasteiger partial charge in [-0.25, -0.2) is 0 Å². The Balaban J connectivity index is 2.69. The molecule has 1 atom stereocenters. The maximum absolute atomic E-state index is 12.1. The number of aliphatic carboxylic acids is 1. The average molecular weight is 338 g/mol. The van der Waals surface area contributed by atoms with E-state index in [2.05, 4.69) is 21.9 Å². The van der Waals surface area contributed by atoms with E-state index in [-0.39, 0.29) is 31.3 Å². The first-order valence-corrected chi connectivity index (χ1v) is 6.91. The van der Waals surface area contributed by atoms with E-state index in [9.17, 15) is 9.59 Å². The molecule has 1 rings (SSSR count). The zero-order valence-electron chi connectivity index (χ0n) is 11.2. The van der Waals surface area contributed by atoms with Crippen LogP contribution in [0.3, 0.4) is 0 Å². The summed E-state index contributed by atoms with van der Waals surface area (Å²) in [4.78, 5) is 24.0. The molecule has 1 N–H and O–H groups in total. The number of rotatable bonds is 6. The Kier molecular flexibility index (Phi) is 6.26. The second kappa shape index (κ2) is 7.71. The monoisotopic (exact) mass is 337 g/mol. The van der Waals surface area contributed by atoms with E-state index in [4.69, 9.17) is 11.5 Å². The molecule has 0 aromatic heterocycles. The third kappa shape index (κ3) is 5.06. The zero-order chi connectivity index (χ0) is 15.1. The molecule has 0 aliphatic heterocycles. The molecule has 20 heavy (non-hydrogen) atoms. The van der Waals surface area contributed by atoms with Crippen LogP contribution >= 0.6 is 15.9 Å². The molecule has 1 aromatic carbocycles. The molecular weight excluding hydrogens is 322 g/mol. The molecule has 1 unspecified atom stereocenters. The van der Waals surface area contributed by atoms with E-state index in [1.165, 1.54) is 4.90 Å². The van der Waals surface area contributed by atoms with Crippen LogP contribution in [0.25, 0.3) is 0 Å². The SMILES string of the molecule is C#CCN(CC(=O)O)C(=O)CC(C)c1ccc(Br)cc1. The Morgan fingerprint density at radius 2 is 2.00 bits per heavy atom. The highest BCUT2D eigenvalue weighted by Crippen LogP contribution is 2.22. The molecule has 0 saturated carbocycles. The maximum Gasteiger partial charge on any atom is 0.323 e. The summed E-state index contributed by atoms with van der Waals surface area (Å²) in [5.74, 6) is 1.00. The van der Waals surface area contributed by atoms with Gasteiger partial charge < -0.3 is 10.0 Å². The van der Waals surface area contributed by atoms with E-state index in [0.29, 0.717) is 0 Å². The van der Waals surface area contributed by atoms with Crippen LogP contribution < -0.4 is 0 Å². The third-order valence-corrected chi connectivity index (χ3v) is 3.41. The fourth-order valence-corrected chi connectivity index (χ4v) is 2.07. The Bertz CT molecular complexity index is 519. The number of carbonyl (C=O) groups is 2. The predicted molar refractivity (Wildman–Crippen MR) is 80.2 cm³/mol. The molecule has 106 valence electrons. The predicted octanol–water partition coefficient (Wildman–Crippen LogP) is 2.49. The van der Waals surface area contributed by atoms with Crippen molar-refractivity contribution in [3.8, 4) is 12.3 Å². The lowest BCUT2D eigenvalue weighted by atomic mass is 9.97. The summed E-state index contributed by atoms with van der Waals surface area (Å²) in [5.41, 5.74) is 1.03. The minimum absolute atomic E-state index is 0.00432. The summed E-state index contributed by atoms with van der Waals surface area (Å²) in [6.45, 7) is 1.57. The number of amides is 1. The number of benzene rings is 1. The Hall–Kier alpha value is -1.80. The summed E-state index contributed by atoms with van der Waals surface area (Å²) in [6.07, 6.45) is 5.39. The molecule has 0 bridgehead atoms. The fraction of sp³-hybridized carbons (Fsp3) is 0.333. The van der Waals surface area contributed by atoms with Crippen LogP contribution in [0.15, 0.2) is 28.7 Å². The average Bonchev–Trinajstić information content (AvgIpc) is 2.38. The molecule has 0 spiro atoms. The second-order valence-electron chi connectivity index (χ2n) is 4.50. The fourth-order valence-electron chi connectivity index (χ4n) is 1.81. The molecule has 0 heterocycles. The van der Waals surface area contributed by atoms with Crippen molar-refractivity contribution >= 4 is 27.8 Å². The molecular formula is C15H16BrNO3. The van der Waals surface area contributed by atoms with Gasteiger partial charge in [0.15, 0.2) is 0 Å². The first-order valence-electron chi connectivity index (χ1n) is 6.12. The molecule has 0 radical (unpaired) electrons. The van der Waals surface area contributed by atoms with Crippen molar-refractivity contribution in [3.63, 3.8) is 0 Å². The van der Waals surface area contributed by atoms with Crippen molar-refractivity contribution in [1.82, 2.24) is 4.90 Å². The molecule has 0 aliphatic rings. The molecule has 0 saturated heterocycles. The first-order chi connectivity index (χ1) is 9.43. The smallest absolute Gasteiger partial charge is 0.323 e. The number of hydrogen-bond donors (Lipinski definition) is 1. The number of nitrogens with zero attached hydrogens (tertiary/aromatic N) is 1. The first kappa shape index (κ1) is 16.3.